The van der Waals surface area contributed by atoms with Crippen LogP contribution in [0.2, 0.25) is 0 Å². The maximum atomic E-state index is 12.9. The van der Waals surface area contributed by atoms with Crippen LogP contribution in [0.5, 0.6) is 0 Å². The molecule has 3 rings (SSSR count). The van der Waals surface area contributed by atoms with Crippen LogP contribution in [0.3, 0.4) is 0 Å². The van der Waals surface area contributed by atoms with Crippen molar-refractivity contribution in [3.8, 4) is 0 Å². The van der Waals surface area contributed by atoms with Crippen LogP contribution in [0.4, 0.5) is 11.4 Å². The summed E-state index contributed by atoms with van der Waals surface area (Å²) >= 11 is 1.45. The Labute approximate surface area is 171 Å². The van der Waals surface area contributed by atoms with Gasteiger partial charge in [-0.3, -0.25) is 4.79 Å². The average molecular weight is 422 g/mol. The lowest BCUT2D eigenvalue weighted by molar-refractivity contribution is 0.102. The molecule has 0 aliphatic carbocycles. The number of nitrogens with one attached hydrogen (secondary N) is 1. The van der Waals surface area contributed by atoms with Crippen LogP contribution in [0, 0.1) is 0 Å². The van der Waals surface area contributed by atoms with Gasteiger partial charge >= 0.3 is 0 Å². The summed E-state index contributed by atoms with van der Waals surface area (Å²) in [6.45, 7) is 6.27. The van der Waals surface area contributed by atoms with E-state index in [9.17, 15) is 13.2 Å². The van der Waals surface area contributed by atoms with Crippen LogP contribution >= 0.6 is 11.3 Å². The highest BCUT2D eigenvalue weighted by molar-refractivity contribution is 7.89. The number of carbonyl (C=O) groups is 1. The first-order valence-corrected chi connectivity index (χ1v) is 12.1. The highest BCUT2D eigenvalue weighted by Crippen LogP contribution is 2.32. The van der Waals surface area contributed by atoms with Crippen LogP contribution in [0.15, 0.2) is 39.9 Å². The van der Waals surface area contributed by atoms with Crippen molar-refractivity contribution in [2.24, 2.45) is 0 Å². The maximum absolute atomic E-state index is 12.9. The minimum atomic E-state index is -3.60. The van der Waals surface area contributed by atoms with Gasteiger partial charge in [-0.1, -0.05) is 13.8 Å². The molecule has 1 saturated heterocycles. The third kappa shape index (κ3) is 4.39. The standard InChI is InChI=1S/C20H27N3O3S2/c1-3-23(4-2)28(25,26)17-8-9-19(22-11-6-5-7-12-22)18(14-17)21-20(24)16-10-13-27-15-16/h8-10,13-15H,3-7,11-12H2,1-2H3,(H,21,24). The van der Waals surface area contributed by atoms with Crippen LogP contribution < -0.4 is 10.2 Å². The number of thiophene rings is 1. The number of nitrogens with zero attached hydrogens (tertiary/aromatic N) is 2. The second-order valence-electron chi connectivity index (χ2n) is 6.78. The Balaban J connectivity index is 2.00. The fraction of sp³-hybridized carbons (Fsp3) is 0.450. The van der Waals surface area contributed by atoms with Crippen molar-refractivity contribution in [2.75, 3.05) is 36.4 Å². The molecule has 2 heterocycles. The fourth-order valence-electron chi connectivity index (χ4n) is 3.49. The number of piperidine rings is 1. The molecule has 0 unspecified atom stereocenters. The van der Waals surface area contributed by atoms with Crippen molar-refractivity contribution < 1.29 is 13.2 Å². The van der Waals surface area contributed by atoms with E-state index in [2.05, 4.69) is 10.2 Å². The molecular formula is C20H27N3O3S2. The molecule has 1 amide bonds. The summed E-state index contributed by atoms with van der Waals surface area (Å²) in [7, 11) is -3.60. The van der Waals surface area contributed by atoms with E-state index < -0.39 is 10.0 Å². The molecule has 1 N–H and O–H groups in total. The summed E-state index contributed by atoms with van der Waals surface area (Å²) in [5.74, 6) is -0.225. The number of rotatable bonds is 7. The van der Waals surface area contributed by atoms with E-state index in [1.54, 1.807) is 23.6 Å². The lowest BCUT2D eigenvalue weighted by Gasteiger charge is -2.31. The van der Waals surface area contributed by atoms with Gasteiger partial charge < -0.3 is 10.2 Å². The minimum absolute atomic E-state index is 0.206. The molecule has 1 aliphatic heterocycles. The first kappa shape index (κ1) is 20.8. The van der Waals surface area contributed by atoms with E-state index >= 15 is 0 Å². The molecule has 152 valence electrons. The fourth-order valence-corrected chi connectivity index (χ4v) is 5.61. The Kier molecular flexibility index (Phi) is 6.74. The molecular weight excluding hydrogens is 394 g/mol. The first-order valence-electron chi connectivity index (χ1n) is 9.70. The first-order chi connectivity index (χ1) is 13.5. The lowest BCUT2D eigenvalue weighted by Crippen LogP contribution is -2.32. The summed E-state index contributed by atoms with van der Waals surface area (Å²) < 4.78 is 27.3. The predicted molar refractivity (Wildman–Crippen MR) is 115 cm³/mol. The molecule has 1 fully saturated rings. The molecule has 8 heteroatoms. The van der Waals surface area contributed by atoms with Crippen LogP contribution in [0.1, 0.15) is 43.5 Å². The van der Waals surface area contributed by atoms with Crippen molar-refractivity contribution in [3.05, 3.63) is 40.6 Å². The highest BCUT2D eigenvalue weighted by atomic mass is 32.2. The largest absolute Gasteiger partial charge is 0.370 e. The van der Waals surface area contributed by atoms with Gasteiger partial charge in [0.25, 0.3) is 5.91 Å². The van der Waals surface area contributed by atoms with Gasteiger partial charge in [-0.25, -0.2) is 8.42 Å². The van der Waals surface area contributed by atoms with Crippen LogP contribution in [0.25, 0.3) is 0 Å². The summed E-state index contributed by atoms with van der Waals surface area (Å²) in [6.07, 6.45) is 3.39. The summed E-state index contributed by atoms with van der Waals surface area (Å²) in [5, 5.41) is 6.57. The molecule has 6 nitrogen and oxygen atoms in total. The Morgan fingerprint density at radius 1 is 1.14 bits per heavy atom. The highest BCUT2D eigenvalue weighted by Gasteiger charge is 2.24. The van der Waals surface area contributed by atoms with Crippen molar-refractivity contribution in [2.45, 2.75) is 38.0 Å². The van der Waals surface area contributed by atoms with E-state index in [4.69, 9.17) is 0 Å². The van der Waals surface area contributed by atoms with Crippen molar-refractivity contribution in [3.63, 3.8) is 0 Å². The summed E-state index contributed by atoms with van der Waals surface area (Å²) in [6, 6.07) is 6.84. The van der Waals surface area contributed by atoms with Gasteiger partial charge in [0.2, 0.25) is 10.0 Å². The molecule has 28 heavy (non-hydrogen) atoms. The lowest BCUT2D eigenvalue weighted by atomic mass is 10.1. The van der Waals surface area contributed by atoms with Gasteiger partial charge in [0.1, 0.15) is 0 Å². The normalized spacial score (nSPS) is 15.0. The van der Waals surface area contributed by atoms with Gasteiger partial charge in [0.15, 0.2) is 0 Å². The monoisotopic (exact) mass is 421 g/mol. The number of sulfonamides is 1. The van der Waals surface area contributed by atoms with E-state index in [1.807, 2.05) is 25.3 Å². The van der Waals surface area contributed by atoms with E-state index in [-0.39, 0.29) is 10.8 Å². The molecule has 1 aliphatic rings. The zero-order valence-corrected chi connectivity index (χ0v) is 18.0. The van der Waals surface area contributed by atoms with E-state index in [0.29, 0.717) is 24.3 Å². The molecule has 2 aromatic rings. The Morgan fingerprint density at radius 3 is 2.46 bits per heavy atom. The van der Waals surface area contributed by atoms with Crippen molar-refractivity contribution >= 4 is 38.6 Å². The third-order valence-corrected chi connectivity index (χ3v) is 7.77. The molecule has 1 aromatic heterocycles. The number of anilines is 2. The SMILES string of the molecule is CCN(CC)S(=O)(=O)c1ccc(N2CCCCC2)c(NC(=O)c2ccsc2)c1. The molecule has 0 spiro atoms. The van der Waals surface area contributed by atoms with Gasteiger partial charge in [-0.15, -0.1) is 0 Å². The number of amides is 1. The molecule has 0 saturated carbocycles. The Morgan fingerprint density at radius 2 is 1.86 bits per heavy atom. The van der Waals surface area contributed by atoms with Gasteiger partial charge in [-0.05, 0) is 48.9 Å². The number of hydrogen-bond donors (Lipinski definition) is 1. The zero-order chi connectivity index (χ0) is 20.1. The molecule has 0 radical (unpaired) electrons. The number of carbonyl (C=O) groups excluding carboxylic acids is 1. The average Bonchev–Trinajstić information content (AvgIpc) is 3.24. The topological polar surface area (TPSA) is 69.7 Å². The molecule has 0 atom stereocenters. The van der Waals surface area contributed by atoms with E-state index in [0.717, 1.165) is 31.6 Å². The summed E-state index contributed by atoms with van der Waals surface area (Å²) in [5.41, 5.74) is 2.00. The molecule has 0 bridgehead atoms. The van der Waals surface area contributed by atoms with E-state index in [1.165, 1.54) is 22.1 Å². The van der Waals surface area contributed by atoms with Crippen molar-refractivity contribution in [1.29, 1.82) is 0 Å². The van der Waals surface area contributed by atoms with Crippen LogP contribution in [-0.2, 0) is 10.0 Å². The second kappa shape index (κ2) is 9.07. The quantitative estimate of drug-likeness (QED) is 0.733. The summed E-state index contributed by atoms with van der Waals surface area (Å²) in [4.78, 5) is 15.1. The molecule has 1 aromatic carbocycles. The third-order valence-electron chi connectivity index (χ3n) is 5.04. The predicted octanol–water partition coefficient (Wildman–Crippen LogP) is 4.02. The Hall–Kier alpha value is -1.90. The van der Waals surface area contributed by atoms with Crippen LogP contribution in [-0.4, -0.2) is 44.8 Å². The maximum Gasteiger partial charge on any atom is 0.256 e. The zero-order valence-electron chi connectivity index (χ0n) is 16.3. The minimum Gasteiger partial charge on any atom is -0.370 e. The Bertz CT molecular complexity index is 901. The smallest absolute Gasteiger partial charge is 0.256 e. The van der Waals surface area contributed by atoms with Gasteiger partial charge in [0.05, 0.1) is 21.8 Å². The van der Waals surface area contributed by atoms with Crippen molar-refractivity contribution in [1.82, 2.24) is 4.31 Å². The second-order valence-corrected chi connectivity index (χ2v) is 9.50. The van der Waals surface area contributed by atoms with Gasteiger partial charge in [0, 0.05) is 31.6 Å². The number of benzene rings is 1. The number of hydrogen-bond acceptors (Lipinski definition) is 5. The van der Waals surface area contributed by atoms with Gasteiger partial charge in [-0.2, -0.15) is 15.6 Å².